The Hall–Kier alpha value is -2.50. The first-order valence-electron chi connectivity index (χ1n) is 6.61. The third-order valence-corrected chi connectivity index (χ3v) is 3.45. The highest BCUT2D eigenvalue weighted by molar-refractivity contribution is 5.87. The van der Waals surface area contributed by atoms with Crippen LogP contribution in [0.5, 0.6) is 11.5 Å². The van der Waals surface area contributed by atoms with Crippen molar-refractivity contribution in [1.82, 2.24) is 4.98 Å². The standard InChI is InChI=1S/C15H15NO5/c1-19-9-4-3-5-10(20-2)11(9)14-16-12(8-6-7-8)13(21-14)15(17)18/h3-5,8H,6-7H2,1-2H3,(H,17,18). The van der Waals surface area contributed by atoms with Gasteiger partial charge in [-0.05, 0) is 25.0 Å². The molecule has 0 unspecified atom stereocenters. The Bertz CT molecular complexity index is 665. The van der Waals surface area contributed by atoms with Gasteiger partial charge in [-0.2, -0.15) is 0 Å². The van der Waals surface area contributed by atoms with Crippen LogP contribution in [0.4, 0.5) is 0 Å². The van der Waals surface area contributed by atoms with Gasteiger partial charge in [0, 0.05) is 5.92 Å². The molecule has 2 aromatic rings. The molecule has 0 saturated heterocycles. The molecule has 0 radical (unpaired) electrons. The van der Waals surface area contributed by atoms with Crippen LogP contribution in [0.2, 0.25) is 0 Å². The Morgan fingerprint density at radius 2 is 1.90 bits per heavy atom. The molecular formula is C15H15NO5. The van der Waals surface area contributed by atoms with Gasteiger partial charge in [0.25, 0.3) is 0 Å². The van der Waals surface area contributed by atoms with Gasteiger partial charge in [0.15, 0.2) is 0 Å². The minimum absolute atomic E-state index is 0.0968. The Morgan fingerprint density at radius 1 is 1.29 bits per heavy atom. The molecule has 1 aromatic carbocycles. The number of hydrogen-bond acceptors (Lipinski definition) is 5. The summed E-state index contributed by atoms with van der Waals surface area (Å²) in [4.78, 5) is 15.7. The average Bonchev–Trinajstić information content (AvgIpc) is 3.24. The summed E-state index contributed by atoms with van der Waals surface area (Å²) in [6.45, 7) is 0. The quantitative estimate of drug-likeness (QED) is 0.911. The van der Waals surface area contributed by atoms with Gasteiger partial charge in [0.05, 0.1) is 19.9 Å². The third kappa shape index (κ3) is 2.33. The van der Waals surface area contributed by atoms with Crippen molar-refractivity contribution in [1.29, 1.82) is 0 Å². The summed E-state index contributed by atoms with van der Waals surface area (Å²) in [7, 11) is 3.06. The number of aromatic nitrogens is 1. The van der Waals surface area contributed by atoms with E-state index in [1.165, 1.54) is 14.2 Å². The molecule has 0 spiro atoms. The molecule has 110 valence electrons. The predicted octanol–water partition coefficient (Wildman–Crippen LogP) is 2.93. The lowest BCUT2D eigenvalue weighted by Gasteiger charge is -2.09. The summed E-state index contributed by atoms with van der Waals surface area (Å²) >= 11 is 0. The fraction of sp³-hybridized carbons (Fsp3) is 0.333. The molecular weight excluding hydrogens is 274 g/mol. The largest absolute Gasteiger partial charge is 0.496 e. The van der Waals surface area contributed by atoms with Crippen molar-refractivity contribution in [2.45, 2.75) is 18.8 Å². The van der Waals surface area contributed by atoms with Gasteiger partial charge in [0.1, 0.15) is 17.1 Å². The van der Waals surface area contributed by atoms with Crippen LogP contribution in [0.15, 0.2) is 22.6 Å². The molecule has 1 N–H and O–H groups in total. The molecule has 0 aliphatic heterocycles. The highest BCUT2D eigenvalue weighted by Crippen LogP contribution is 2.44. The van der Waals surface area contributed by atoms with Crippen LogP contribution in [0.3, 0.4) is 0 Å². The molecule has 0 atom stereocenters. The molecule has 21 heavy (non-hydrogen) atoms. The van der Waals surface area contributed by atoms with Crippen LogP contribution in [-0.2, 0) is 0 Å². The van der Waals surface area contributed by atoms with Crippen LogP contribution in [0.25, 0.3) is 11.5 Å². The fourth-order valence-corrected chi connectivity index (χ4v) is 2.29. The zero-order valence-corrected chi connectivity index (χ0v) is 11.8. The summed E-state index contributed by atoms with van der Waals surface area (Å²) < 4.78 is 16.1. The maximum absolute atomic E-state index is 11.3. The van der Waals surface area contributed by atoms with E-state index < -0.39 is 5.97 Å². The van der Waals surface area contributed by atoms with Gasteiger partial charge in [-0.1, -0.05) is 6.07 Å². The van der Waals surface area contributed by atoms with Gasteiger partial charge in [-0.15, -0.1) is 0 Å². The van der Waals surface area contributed by atoms with Crippen molar-refractivity contribution in [3.8, 4) is 23.0 Å². The number of carboxylic acid groups (broad SMARTS) is 1. The van der Waals surface area contributed by atoms with Crippen molar-refractivity contribution in [2.24, 2.45) is 0 Å². The zero-order chi connectivity index (χ0) is 15.0. The van der Waals surface area contributed by atoms with E-state index in [0.717, 1.165) is 12.8 Å². The van der Waals surface area contributed by atoms with E-state index in [9.17, 15) is 9.90 Å². The van der Waals surface area contributed by atoms with Crippen molar-refractivity contribution in [3.63, 3.8) is 0 Å². The maximum Gasteiger partial charge on any atom is 0.373 e. The van der Waals surface area contributed by atoms with E-state index in [4.69, 9.17) is 13.9 Å². The molecule has 1 saturated carbocycles. The Morgan fingerprint density at radius 3 is 2.38 bits per heavy atom. The van der Waals surface area contributed by atoms with Gasteiger partial charge in [-0.3, -0.25) is 0 Å². The molecule has 1 aliphatic rings. The molecule has 1 fully saturated rings. The number of ether oxygens (including phenoxy) is 2. The van der Waals surface area contributed by atoms with E-state index >= 15 is 0 Å². The van der Waals surface area contributed by atoms with Crippen molar-refractivity contribution >= 4 is 5.97 Å². The first kappa shape index (κ1) is 13.5. The van der Waals surface area contributed by atoms with Crippen LogP contribution in [-0.4, -0.2) is 30.3 Å². The molecule has 1 aliphatic carbocycles. The number of aromatic carboxylic acids is 1. The highest BCUT2D eigenvalue weighted by atomic mass is 16.5. The van der Waals surface area contributed by atoms with Gasteiger partial charge in [-0.25, -0.2) is 9.78 Å². The lowest BCUT2D eigenvalue weighted by atomic mass is 10.1. The maximum atomic E-state index is 11.3. The molecule has 6 nitrogen and oxygen atoms in total. The first-order chi connectivity index (χ1) is 10.2. The number of oxazole rings is 1. The molecule has 0 amide bonds. The van der Waals surface area contributed by atoms with Crippen LogP contribution in [0.1, 0.15) is 35.0 Å². The molecule has 3 rings (SSSR count). The van der Waals surface area contributed by atoms with Crippen LogP contribution >= 0.6 is 0 Å². The molecule has 6 heteroatoms. The zero-order valence-electron chi connectivity index (χ0n) is 11.8. The van der Waals surface area contributed by atoms with Crippen molar-refractivity contribution in [3.05, 3.63) is 29.7 Å². The SMILES string of the molecule is COc1cccc(OC)c1-c1nc(C2CC2)c(C(=O)O)o1. The summed E-state index contributed by atoms with van der Waals surface area (Å²) in [6.07, 6.45) is 1.88. The summed E-state index contributed by atoms with van der Waals surface area (Å²) in [5, 5.41) is 9.26. The number of benzene rings is 1. The van der Waals surface area contributed by atoms with E-state index in [1.807, 2.05) is 0 Å². The molecule has 1 aromatic heterocycles. The smallest absolute Gasteiger partial charge is 0.373 e. The number of hydrogen-bond donors (Lipinski definition) is 1. The van der Waals surface area contributed by atoms with Crippen molar-refractivity contribution < 1.29 is 23.8 Å². The van der Waals surface area contributed by atoms with E-state index in [0.29, 0.717) is 22.8 Å². The topological polar surface area (TPSA) is 81.8 Å². The second-order valence-corrected chi connectivity index (χ2v) is 4.85. The molecule has 0 bridgehead atoms. The Balaban J connectivity index is 2.16. The Kier molecular flexibility index (Phi) is 3.29. The number of carbonyl (C=O) groups is 1. The number of rotatable bonds is 5. The van der Waals surface area contributed by atoms with Gasteiger partial charge >= 0.3 is 5.97 Å². The van der Waals surface area contributed by atoms with E-state index in [-0.39, 0.29) is 17.6 Å². The third-order valence-electron chi connectivity index (χ3n) is 3.45. The number of carboxylic acids is 1. The van der Waals surface area contributed by atoms with Gasteiger partial charge < -0.3 is 19.0 Å². The lowest BCUT2D eigenvalue weighted by Crippen LogP contribution is -1.98. The summed E-state index contributed by atoms with van der Waals surface area (Å²) in [6, 6.07) is 5.28. The van der Waals surface area contributed by atoms with Crippen molar-refractivity contribution in [2.75, 3.05) is 14.2 Å². The monoisotopic (exact) mass is 289 g/mol. The summed E-state index contributed by atoms with van der Waals surface area (Å²) in [5.41, 5.74) is 1.03. The number of nitrogens with zero attached hydrogens (tertiary/aromatic N) is 1. The number of methoxy groups -OCH3 is 2. The van der Waals surface area contributed by atoms with Crippen LogP contribution < -0.4 is 9.47 Å². The minimum Gasteiger partial charge on any atom is -0.496 e. The molecule has 1 heterocycles. The minimum atomic E-state index is -1.11. The second kappa shape index (κ2) is 5.12. The van der Waals surface area contributed by atoms with E-state index in [1.54, 1.807) is 18.2 Å². The highest BCUT2D eigenvalue weighted by Gasteiger charge is 2.34. The average molecular weight is 289 g/mol. The first-order valence-corrected chi connectivity index (χ1v) is 6.61. The lowest BCUT2D eigenvalue weighted by molar-refractivity contribution is 0.0661. The Labute approximate surface area is 121 Å². The predicted molar refractivity (Wildman–Crippen MR) is 74.0 cm³/mol. The second-order valence-electron chi connectivity index (χ2n) is 4.85. The summed E-state index contributed by atoms with van der Waals surface area (Å²) in [5.74, 6) is 0.229. The van der Waals surface area contributed by atoms with E-state index in [2.05, 4.69) is 4.98 Å². The van der Waals surface area contributed by atoms with Crippen LogP contribution in [0, 0.1) is 0 Å². The fourth-order valence-electron chi connectivity index (χ4n) is 2.29. The normalized spacial score (nSPS) is 14.0. The van der Waals surface area contributed by atoms with Gasteiger partial charge in [0.2, 0.25) is 11.7 Å².